The summed E-state index contributed by atoms with van der Waals surface area (Å²) in [5, 5.41) is 4.94. The van der Waals surface area contributed by atoms with Crippen molar-refractivity contribution in [2.45, 2.75) is 58.7 Å². The first-order valence-electron chi connectivity index (χ1n) is 10.3. The highest BCUT2D eigenvalue weighted by Crippen LogP contribution is 2.27. The van der Waals surface area contributed by atoms with Crippen LogP contribution in [0.1, 0.15) is 55.2 Å². The molecule has 28 heavy (non-hydrogen) atoms. The van der Waals surface area contributed by atoms with Crippen LogP contribution in [0.3, 0.4) is 0 Å². The Balaban J connectivity index is 1.51. The standard InChI is InChI=1S/C22H29FN4O/c1-16(2)27-21-15-26(22(28)13-17-5-7-18(23)8-6-17)12-9-19(21)20(24-27)14-25-10-3-4-11-25/h5-8,16H,3-4,9-15H2,1-2H3. The summed E-state index contributed by atoms with van der Waals surface area (Å²) in [6, 6.07) is 6.47. The van der Waals surface area contributed by atoms with Gasteiger partial charge in [-0.25, -0.2) is 4.39 Å². The molecule has 1 amide bonds. The summed E-state index contributed by atoms with van der Waals surface area (Å²) in [7, 11) is 0. The van der Waals surface area contributed by atoms with Crippen molar-refractivity contribution in [2.24, 2.45) is 0 Å². The second-order valence-corrected chi connectivity index (χ2v) is 8.26. The fraction of sp³-hybridized carbons (Fsp3) is 0.545. The van der Waals surface area contributed by atoms with E-state index in [2.05, 4.69) is 23.4 Å². The molecule has 2 aromatic rings. The lowest BCUT2D eigenvalue weighted by atomic mass is 10.0. The second-order valence-electron chi connectivity index (χ2n) is 8.26. The predicted octanol–water partition coefficient (Wildman–Crippen LogP) is 3.33. The molecule has 1 aromatic heterocycles. The van der Waals surface area contributed by atoms with Crippen LogP contribution in [0.4, 0.5) is 4.39 Å². The van der Waals surface area contributed by atoms with Crippen LogP contribution >= 0.6 is 0 Å². The van der Waals surface area contributed by atoms with Crippen LogP contribution in [0.25, 0.3) is 0 Å². The minimum Gasteiger partial charge on any atom is -0.336 e. The molecule has 0 N–H and O–H groups in total. The van der Waals surface area contributed by atoms with E-state index in [0.29, 0.717) is 13.0 Å². The smallest absolute Gasteiger partial charge is 0.227 e. The number of carbonyl (C=O) groups is 1. The Morgan fingerprint density at radius 2 is 1.86 bits per heavy atom. The number of aromatic nitrogens is 2. The van der Waals surface area contributed by atoms with Crippen molar-refractivity contribution in [1.29, 1.82) is 0 Å². The maximum atomic E-state index is 13.1. The number of likely N-dealkylation sites (tertiary alicyclic amines) is 1. The van der Waals surface area contributed by atoms with Crippen molar-refractivity contribution < 1.29 is 9.18 Å². The summed E-state index contributed by atoms with van der Waals surface area (Å²) < 4.78 is 15.2. The van der Waals surface area contributed by atoms with Crippen LogP contribution in [-0.4, -0.2) is 45.1 Å². The van der Waals surface area contributed by atoms with E-state index in [4.69, 9.17) is 5.10 Å². The van der Waals surface area contributed by atoms with Crippen LogP contribution in [0.2, 0.25) is 0 Å². The molecule has 0 radical (unpaired) electrons. The van der Waals surface area contributed by atoms with Gasteiger partial charge in [0.05, 0.1) is 24.4 Å². The van der Waals surface area contributed by atoms with Crippen LogP contribution in [0.15, 0.2) is 24.3 Å². The zero-order valence-electron chi connectivity index (χ0n) is 16.8. The average Bonchev–Trinajstić information content (AvgIpc) is 3.32. The third-order valence-corrected chi connectivity index (χ3v) is 5.86. The number of fused-ring (bicyclic) bond motifs is 1. The van der Waals surface area contributed by atoms with Crippen molar-refractivity contribution in [3.63, 3.8) is 0 Å². The molecule has 1 saturated heterocycles. The SMILES string of the molecule is CC(C)n1nc(CN2CCCC2)c2c1CN(C(=O)Cc1ccc(F)cc1)CC2. The van der Waals surface area contributed by atoms with Gasteiger partial charge >= 0.3 is 0 Å². The molecule has 0 atom stereocenters. The van der Waals surface area contributed by atoms with Gasteiger partial charge in [-0.05, 0) is 63.9 Å². The molecule has 0 aliphatic carbocycles. The van der Waals surface area contributed by atoms with Gasteiger partial charge in [0, 0.05) is 24.7 Å². The zero-order valence-corrected chi connectivity index (χ0v) is 16.8. The molecule has 0 saturated carbocycles. The van der Waals surface area contributed by atoms with E-state index in [-0.39, 0.29) is 17.8 Å². The fourth-order valence-corrected chi connectivity index (χ4v) is 4.33. The molecule has 5 nitrogen and oxygen atoms in total. The van der Waals surface area contributed by atoms with Gasteiger partial charge in [-0.15, -0.1) is 0 Å². The second kappa shape index (κ2) is 8.03. The fourth-order valence-electron chi connectivity index (χ4n) is 4.33. The summed E-state index contributed by atoms with van der Waals surface area (Å²) >= 11 is 0. The third-order valence-electron chi connectivity index (χ3n) is 5.86. The molecular weight excluding hydrogens is 355 g/mol. The van der Waals surface area contributed by atoms with Crippen LogP contribution in [0.5, 0.6) is 0 Å². The molecule has 2 aliphatic rings. The van der Waals surface area contributed by atoms with Gasteiger partial charge in [0.2, 0.25) is 5.91 Å². The number of hydrogen-bond acceptors (Lipinski definition) is 3. The molecule has 0 bridgehead atoms. The number of halogens is 1. The number of benzene rings is 1. The normalized spacial score (nSPS) is 17.4. The molecule has 0 spiro atoms. The maximum Gasteiger partial charge on any atom is 0.227 e. The van der Waals surface area contributed by atoms with Crippen molar-refractivity contribution in [2.75, 3.05) is 19.6 Å². The lowest BCUT2D eigenvalue weighted by Gasteiger charge is -2.29. The molecule has 0 unspecified atom stereocenters. The van der Waals surface area contributed by atoms with Crippen LogP contribution in [0, 0.1) is 5.82 Å². The Labute approximate surface area is 166 Å². The average molecular weight is 384 g/mol. The highest BCUT2D eigenvalue weighted by atomic mass is 19.1. The zero-order chi connectivity index (χ0) is 19.7. The highest BCUT2D eigenvalue weighted by molar-refractivity contribution is 5.79. The molecule has 1 aromatic carbocycles. The lowest BCUT2D eigenvalue weighted by Crippen LogP contribution is -2.38. The topological polar surface area (TPSA) is 41.4 Å². The van der Waals surface area contributed by atoms with Gasteiger partial charge in [0.15, 0.2) is 0 Å². The van der Waals surface area contributed by atoms with Gasteiger partial charge in [0.25, 0.3) is 0 Å². The quantitative estimate of drug-likeness (QED) is 0.794. The van der Waals surface area contributed by atoms with Crippen LogP contribution < -0.4 is 0 Å². The van der Waals surface area contributed by atoms with Crippen molar-refractivity contribution in [3.8, 4) is 0 Å². The van der Waals surface area contributed by atoms with E-state index in [0.717, 1.165) is 38.2 Å². The molecule has 3 heterocycles. The van der Waals surface area contributed by atoms with E-state index in [1.807, 2.05) is 4.90 Å². The van der Waals surface area contributed by atoms with Gasteiger partial charge in [-0.2, -0.15) is 5.10 Å². The Kier molecular flexibility index (Phi) is 5.49. The summed E-state index contributed by atoms with van der Waals surface area (Å²) in [4.78, 5) is 17.2. The number of rotatable bonds is 5. The molecule has 4 rings (SSSR count). The first-order chi connectivity index (χ1) is 13.5. The van der Waals surface area contributed by atoms with E-state index in [9.17, 15) is 9.18 Å². The van der Waals surface area contributed by atoms with E-state index in [1.54, 1.807) is 12.1 Å². The first-order valence-corrected chi connectivity index (χ1v) is 10.3. The summed E-state index contributed by atoms with van der Waals surface area (Å²) in [6.45, 7) is 8.87. The number of carbonyl (C=O) groups excluding carboxylic acids is 1. The minimum absolute atomic E-state index is 0.0925. The van der Waals surface area contributed by atoms with E-state index < -0.39 is 0 Å². The summed E-state index contributed by atoms with van der Waals surface area (Å²) in [5.74, 6) is -0.181. The predicted molar refractivity (Wildman–Crippen MR) is 106 cm³/mol. The number of hydrogen-bond donors (Lipinski definition) is 0. The summed E-state index contributed by atoms with van der Waals surface area (Å²) in [6.07, 6.45) is 3.73. The minimum atomic E-state index is -0.273. The molecule has 2 aliphatic heterocycles. The number of nitrogens with zero attached hydrogens (tertiary/aromatic N) is 4. The Hall–Kier alpha value is -2.21. The largest absolute Gasteiger partial charge is 0.336 e. The first kappa shape index (κ1) is 19.1. The van der Waals surface area contributed by atoms with Crippen molar-refractivity contribution >= 4 is 5.91 Å². The Morgan fingerprint density at radius 3 is 2.54 bits per heavy atom. The van der Waals surface area contributed by atoms with E-state index >= 15 is 0 Å². The maximum absolute atomic E-state index is 13.1. The Bertz CT molecular complexity index is 837. The summed E-state index contributed by atoms with van der Waals surface area (Å²) in [5.41, 5.74) is 4.56. The van der Waals surface area contributed by atoms with Gasteiger partial charge in [-0.1, -0.05) is 12.1 Å². The highest BCUT2D eigenvalue weighted by Gasteiger charge is 2.29. The van der Waals surface area contributed by atoms with Crippen molar-refractivity contribution in [3.05, 3.63) is 52.6 Å². The molecular formula is C22H29FN4O. The monoisotopic (exact) mass is 384 g/mol. The van der Waals surface area contributed by atoms with Crippen molar-refractivity contribution in [1.82, 2.24) is 19.6 Å². The molecule has 1 fully saturated rings. The van der Waals surface area contributed by atoms with Crippen LogP contribution in [-0.2, 0) is 30.7 Å². The number of amides is 1. The van der Waals surface area contributed by atoms with Gasteiger partial charge < -0.3 is 4.90 Å². The van der Waals surface area contributed by atoms with Gasteiger partial charge in [0.1, 0.15) is 5.82 Å². The third kappa shape index (κ3) is 3.97. The Morgan fingerprint density at radius 1 is 1.14 bits per heavy atom. The molecule has 150 valence electrons. The molecule has 6 heteroatoms. The van der Waals surface area contributed by atoms with E-state index in [1.165, 1.54) is 41.9 Å². The van der Waals surface area contributed by atoms with Gasteiger partial charge in [-0.3, -0.25) is 14.4 Å². The lowest BCUT2D eigenvalue weighted by molar-refractivity contribution is -0.131.